The summed E-state index contributed by atoms with van der Waals surface area (Å²) in [6.07, 6.45) is 0.524. The minimum atomic E-state index is -2.41. The average Bonchev–Trinajstić information content (AvgIpc) is 3.21. The molecule has 170 valence electrons. The maximum Gasteiger partial charge on any atom is 0.261 e. The summed E-state index contributed by atoms with van der Waals surface area (Å²) in [4.78, 5) is 38.6. The molecule has 2 rings (SSSR count). The molecular formula is C21H30BrN5O4. The summed E-state index contributed by atoms with van der Waals surface area (Å²) in [5, 5.41) is 30.4. The van der Waals surface area contributed by atoms with Gasteiger partial charge in [0.25, 0.3) is 5.91 Å². The Bertz CT molecular complexity index is 914. The van der Waals surface area contributed by atoms with Crippen LogP contribution in [0.2, 0.25) is 0 Å². The van der Waals surface area contributed by atoms with Gasteiger partial charge in [0.05, 0.1) is 16.2 Å². The molecule has 31 heavy (non-hydrogen) atoms. The van der Waals surface area contributed by atoms with Gasteiger partial charge in [-0.1, -0.05) is 20.8 Å². The number of aryl methyl sites for hydroxylation is 2. The lowest BCUT2D eigenvalue weighted by Gasteiger charge is -2.32. The second-order valence-corrected chi connectivity index (χ2v) is 9.95. The molecule has 2 amide bonds. The third kappa shape index (κ3) is 5.52. The second-order valence-electron chi connectivity index (χ2n) is 9.16. The lowest BCUT2D eigenvalue weighted by molar-refractivity contribution is -0.138. The van der Waals surface area contributed by atoms with Crippen LogP contribution in [0.4, 0.5) is 0 Å². The van der Waals surface area contributed by atoms with E-state index < -0.39 is 34.7 Å². The number of Topliss-reactive ketones (excluding diaryl/α,β-unsaturated/α-hetero) is 1. The first-order valence-corrected chi connectivity index (χ1v) is 11.1. The zero-order chi connectivity index (χ0) is 23.6. The molecular weight excluding hydrogens is 466 g/mol. The molecule has 1 aromatic rings. The molecule has 1 aliphatic heterocycles. The lowest BCUT2D eigenvalue weighted by Crippen LogP contribution is -2.57. The van der Waals surface area contributed by atoms with E-state index in [1.165, 1.54) is 4.68 Å². The Morgan fingerprint density at radius 3 is 2.58 bits per heavy atom. The third-order valence-corrected chi connectivity index (χ3v) is 6.20. The van der Waals surface area contributed by atoms with Gasteiger partial charge in [-0.2, -0.15) is 10.4 Å². The highest BCUT2D eigenvalue weighted by molar-refractivity contribution is 9.10. The van der Waals surface area contributed by atoms with Crippen molar-refractivity contribution >= 4 is 33.5 Å². The van der Waals surface area contributed by atoms with Gasteiger partial charge in [-0.25, -0.2) is 0 Å². The molecule has 0 aromatic carbocycles. The van der Waals surface area contributed by atoms with Crippen molar-refractivity contribution in [2.45, 2.75) is 72.1 Å². The van der Waals surface area contributed by atoms with Crippen LogP contribution in [-0.4, -0.2) is 50.7 Å². The Morgan fingerprint density at radius 1 is 1.45 bits per heavy atom. The van der Waals surface area contributed by atoms with Crippen molar-refractivity contribution in [1.29, 1.82) is 5.26 Å². The number of ketones is 1. The van der Waals surface area contributed by atoms with Crippen molar-refractivity contribution in [1.82, 2.24) is 20.4 Å². The largest absolute Gasteiger partial charge is 0.373 e. The van der Waals surface area contributed by atoms with Gasteiger partial charge >= 0.3 is 0 Å². The van der Waals surface area contributed by atoms with Crippen LogP contribution in [0.1, 0.15) is 63.1 Å². The number of aromatic nitrogens is 2. The van der Waals surface area contributed by atoms with Crippen LogP contribution in [0.15, 0.2) is 4.47 Å². The molecule has 0 spiro atoms. The zero-order valence-electron chi connectivity index (χ0n) is 18.6. The highest BCUT2D eigenvalue weighted by atomic mass is 79.9. The number of hydrogen-bond acceptors (Lipinski definition) is 6. The monoisotopic (exact) mass is 495 g/mol. The molecule has 1 saturated heterocycles. The summed E-state index contributed by atoms with van der Waals surface area (Å²) in [7, 11) is 0. The van der Waals surface area contributed by atoms with Gasteiger partial charge in [0.1, 0.15) is 11.7 Å². The first-order valence-electron chi connectivity index (χ1n) is 10.3. The van der Waals surface area contributed by atoms with Crippen molar-refractivity contribution < 1.29 is 19.5 Å². The van der Waals surface area contributed by atoms with E-state index in [4.69, 9.17) is 0 Å². The number of nitrogens with zero attached hydrogens (tertiary/aromatic N) is 3. The minimum absolute atomic E-state index is 0.102. The van der Waals surface area contributed by atoms with E-state index in [0.29, 0.717) is 29.7 Å². The van der Waals surface area contributed by atoms with Crippen molar-refractivity contribution in [3.8, 4) is 6.07 Å². The molecule has 1 aromatic heterocycles. The summed E-state index contributed by atoms with van der Waals surface area (Å²) in [6, 6.07) is 0.959. The summed E-state index contributed by atoms with van der Waals surface area (Å²) in [6.45, 7) is 9.84. The number of carbonyl (C=O) groups excluding carboxylic acids is 3. The van der Waals surface area contributed by atoms with Crippen molar-refractivity contribution in [2.75, 3.05) is 6.54 Å². The highest BCUT2D eigenvalue weighted by Crippen LogP contribution is 2.33. The van der Waals surface area contributed by atoms with Gasteiger partial charge in [-0.3, -0.25) is 19.1 Å². The summed E-state index contributed by atoms with van der Waals surface area (Å²) < 4.78 is 1.85. The zero-order valence-corrected chi connectivity index (χ0v) is 20.2. The van der Waals surface area contributed by atoms with Gasteiger partial charge in [-0.05, 0) is 54.5 Å². The van der Waals surface area contributed by atoms with E-state index in [0.717, 1.165) is 0 Å². The number of halogens is 1. The minimum Gasteiger partial charge on any atom is -0.373 e. The van der Waals surface area contributed by atoms with E-state index in [-0.39, 0.29) is 24.4 Å². The van der Waals surface area contributed by atoms with Gasteiger partial charge < -0.3 is 15.7 Å². The number of nitriles is 1. The standard InChI is InChI=1S/C21H30BrN5O4/c1-6-27-16(15(22)12(2)26-27)17(28)21(31,11-20(3,4)5)19(30)25-14(10-23)9-13-7-8-24-18(13)29/h13-14,31H,6-9,11H2,1-5H3,(H,24,29)(H,25,30)/t13-,14-,21+/m0/s1. The smallest absolute Gasteiger partial charge is 0.261 e. The molecule has 0 radical (unpaired) electrons. The molecule has 1 aliphatic rings. The van der Waals surface area contributed by atoms with Crippen LogP contribution in [0, 0.1) is 29.6 Å². The molecule has 9 nitrogen and oxygen atoms in total. The summed E-state index contributed by atoms with van der Waals surface area (Å²) >= 11 is 3.35. The first-order chi connectivity index (χ1) is 14.3. The topological polar surface area (TPSA) is 137 Å². The summed E-state index contributed by atoms with van der Waals surface area (Å²) in [5.74, 6) is -2.30. The Balaban J connectivity index is 2.38. The molecule has 0 unspecified atom stereocenters. The normalized spacial score (nSPS) is 19.3. The maximum atomic E-state index is 13.5. The fourth-order valence-corrected chi connectivity index (χ4v) is 4.27. The quantitative estimate of drug-likeness (QED) is 0.371. The number of carbonyl (C=O) groups is 3. The van der Waals surface area contributed by atoms with E-state index >= 15 is 0 Å². The Hall–Kier alpha value is -2.25. The Morgan fingerprint density at radius 2 is 2.10 bits per heavy atom. The van der Waals surface area contributed by atoms with E-state index in [1.807, 2.05) is 6.07 Å². The molecule has 1 fully saturated rings. The number of amides is 2. The average molecular weight is 496 g/mol. The van der Waals surface area contributed by atoms with Crippen LogP contribution in [-0.2, 0) is 16.1 Å². The molecule has 3 N–H and O–H groups in total. The van der Waals surface area contributed by atoms with Crippen LogP contribution < -0.4 is 10.6 Å². The Kier molecular flexibility index (Phi) is 7.66. The lowest BCUT2D eigenvalue weighted by atomic mass is 9.78. The van der Waals surface area contributed by atoms with Crippen molar-refractivity contribution in [3.63, 3.8) is 0 Å². The second kappa shape index (κ2) is 9.49. The number of rotatable bonds is 8. The predicted molar refractivity (Wildman–Crippen MR) is 117 cm³/mol. The molecule has 3 atom stereocenters. The van der Waals surface area contributed by atoms with Crippen LogP contribution >= 0.6 is 15.9 Å². The fraction of sp³-hybridized carbons (Fsp3) is 0.667. The molecule has 0 aliphatic carbocycles. The summed E-state index contributed by atoms with van der Waals surface area (Å²) in [5.41, 5.74) is -2.32. The van der Waals surface area contributed by atoms with Crippen LogP contribution in [0.5, 0.6) is 0 Å². The first kappa shape index (κ1) is 25.0. The number of hydrogen-bond donors (Lipinski definition) is 3. The molecule has 2 heterocycles. The number of nitrogens with one attached hydrogen (secondary N) is 2. The van der Waals surface area contributed by atoms with Crippen LogP contribution in [0.3, 0.4) is 0 Å². The van der Waals surface area contributed by atoms with Gasteiger partial charge in [0.15, 0.2) is 0 Å². The van der Waals surface area contributed by atoms with E-state index in [1.54, 1.807) is 34.6 Å². The molecule has 0 saturated carbocycles. The maximum absolute atomic E-state index is 13.5. The van der Waals surface area contributed by atoms with Gasteiger partial charge in [-0.15, -0.1) is 0 Å². The van der Waals surface area contributed by atoms with Crippen molar-refractivity contribution in [3.05, 3.63) is 15.9 Å². The highest BCUT2D eigenvalue weighted by Gasteiger charge is 2.49. The SMILES string of the molecule is CCn1nc(C)c(Br)c1C(=O)[C@](O)(CC(C)(C)C)C(=O)N[C@H](C#N)C[C@@H]1CCNC1=O. The third-order valence-electron chi connectivity index (χ3n) is 5.25. The van der Waals surface area contributed by atoms with Crippen molar-refractivity contribution in [2.24, 2.45) is 11.3 Å². The van der Waals surface area contributed by atoms with Gasteiger partial charge in [0.2, 0.25) is 17.3 Å². The molecule has 0 bridgehead atoms. The Labute approximate surface area is 190 Å². The number of aliphatic hydroxyl groups is 1. The predicted octanol–water partition coefficient (Wildman–Crippen LogP) is 1.86. The molecule has 10 heteroatoms. The van der Waals surface area contributed by atoms with Gasteiger partial charge in [0, 0.05) is 19.0 Å². The van der Waals surface area contributed by atoms with E-state index in [2.05, 4.69) is 31.7 Å². The van der Waals surface area contributed by atoms with E-state index in [9.17, 15) is 24.8 Å². The fourth-order valence-electron chi connectivity index (χ4n) is 3.81. The van der Waals surface area contributed by atoms with Crippen LogP contribution in [0.25, 0.3) is 0 Å².